The van der Waals surface area contributed by atoms with Gasteiger partial charge < -0.3 is 15.0 Å². The minimum atomic E-state index is -0.359. The number of nitrogens with zero attached hydrogens (tertiary/aromatic N) is 2. The van der Waals surface area contributed by atoms with Crippen LogP contribution in [0.5, 0.6) is 0 Å². The molecule has 0 aliphatic rings. The highest BCUT2D eigenvalue weighted by Gasteiger charge is 2.17. The van der Waals surface area contributed by atoms with Gasteiger partial charge in [-0.2, -0.15) is 4.98 Å². The smallest absolute Gasteiger partial charge is 0.268 e. The molecule has 0 aliphatic heterocycles. The van der Waals surface area contributed by atoms with Gasteiger partial charge in [-0.25, -0.2) is 0 Å². The Labute approximate surface area is 111 Å². The number of methoxy groups -OCH3 is 1. The molecule has 0 bridgehead atoms. The van der Waals surface area contributed by atoms with Gasteiger partial charge in [0.1, 0.15) is 0 Å². The van der Waals surface area contributed by atoms with Gasteiger partial charge in [0.05, 0.1) is 21.3 Å². The Morgan fingerprint density at radius 1 is 1.65 bits per heavy atom. The normalized spacial score (nSPS) is 12.9. The van der Waals surface area contributed by atoms with Gasteiger partial charge >= 0.3 is 0 Å². The molecule has 2 rings (SSSR count). The summed E-state index contributed by atoms with van der Waals surface area (Å²) in [6.07, 6.45) is 0. The van der Waals surface area contributed by atoms with Crippen molar-refractivity contribution in [3.05, 3.63) is 21.2 Å². The van der Waals surface area contributed by atoms with Crippen LogP contribution >= 0.6 is 27.3 Å². The van der Waals surface area contributed by atoms with E-state index in [-0.39, 0.29) is 6.04 Å². The molecule has 0 fully saturated rings. The van der Waals surface area contributed by atoms with E-state index in [2.05, 4.69) is 26.1 Å². The summed E-state index contributed by atoms with van der Waals surface area (Å²) >= 11 is 5.01. The zero-order valence-electron chi connectivity index (χ0n) is 9.44. The molecule has 1 atom stereocenters. The van der Waals surface area contributed by atoms with Crippen molar-refractivity contribution < 1.29 is 9.26 Å². The number of aromatic nitrogens is 2. The maximum atomic E-state index is 5.82. The highest BCUT2D eigenvalue weighted by molar-refractivity contribution is 9.11. The fourth-order valence-corrected chi connectivity index (χ4v) is 2.76. The second-order valence-corrected chi connectivity index (χ2v) is 5.96. The van der Waals surface area contributed by atoms with Gasteiger partial charge in [-0.3, -0.25) is 0 Å². The maximum absolute atomic E-state index is 5.82. The molecule has 0 saturated carbocycles. The van der Waals surface area contributed by atoms with Crippen molar-refractivity contribution in [2.45, 2.75) is 13.0 Å². The number of thiophene rings is 1. The molecular formula is C10H12BrN3O2S. The number of rotatable bonds is 4. The first kappa shape index (κ1) is 12.7. The van der Waals surface area contributed by atoms with Gasteiger partial charge in [-0.15, -0.1) is 11.3 Å². The number of hydrogen-bond acceptors (Lipinski definition) is 6. The van der Waals surface area contributed by atoms with Gasteiger partial charge in [0, 0.05) is 7.11 Å². The van der Waals surface area contributed by atoms with E-state index in [1.54, 1.807) is 18.4 Å². The number of ether oxygens (including phenoxy) is 1. The van der Waals surface area contributed by atoms with E-state index in [9.17, 15) is 0 Å². The highest BCUT2D eigenvalue weighted by atomic mass is 79.9. The van der Waals surface area contributed by atoms with Crippen molar-refractivity contribution in [1.29, 1.82) is 0 Å². The zero-order valence-corrected chi connectivity index (χ0v) is 11.8. The summed E-state index contributed by atoms with van der Waals surface area (Å²) in [4.78, 5) is 5.19. The van der Waals surface area contributed by atoms with Crippen LogP contribution < -0.4 is 5.73 Å². The summed E-state index contributed by atoms with van der Waals surface area (Å²) in [6.45, 7) is 2.38. The molecule has 17 heavy (non-hydrogen) atoms. The number of aryl methyl sites for hydroxylation is 1. The zero-order chi connectivity index (χ0) is 12.4. The summed E-state index contributed by atoms with van der Waals surface area (Å²) in [5.74, 6) is 0.953. The molecule has 2 N–H and O–H groups in total. The lowest BCUT2D eigenvalue weighted by Gasteiger charge is -2.02. The molecule has 0 spiro atoms. The molecule has 0 aliphatic carbocycles. The van der Waals surface area contributed by atoms with E-state index in [4.69, 9.17) is 15.0 Å². The third-order valence-electron chi connectivity index (χ3n) is 2.19. The van der Waals surface area contributed by atoms with E-state index >= 15 is 0 Å². The summed E-state index contributed by atoms with van der Waals surface area (Å²) in [5.41, 5.74) is 6.96. The summed E-state index contributed by atoms with van der Waals surface area (Å²) in [5, 5.41) is 3.85. The van der Waals surface area contributed by atoms with Crippen molar-refractivity contribution in [1.82, 2.24) is 10.1 Å². The fourth-order valence-electron chi connectivity index (χ4n) is 1.30. The molecule has 0 saturated heterocycles. The largest absolute Gasteiger partial charge is 0.383 e. The van der Waals surface area contributed by atoms with Crippen LogP contribution in [0.1, 0.15) is 17.4 Å². The summed E-state index contributed by atoms with van der Waals surface area (Å²) in [7, 11) is 1.58. The molecule has 0 aromatic carbocycles. The second kappa shape index (κ2) is 5.26. The first-order chi connectivity index (χ1) is 8.11. The van der Waals surface area contributed by atoms with Crippen molar-refractivity contribution in [2.75, 3.05) is 13.7 Å². The van der Waals surface area contributed by atoms with Gasteiger partial charge in [-0.05, 0) is 34.5 Å². The van der Waals surface area contributed by atoms with Crippen LogP contribution in [0.15, 0.2) is 14.4 Å². The van der Waals surface area contributed by atoms with Crippen molar-refractivity contribution in [2.24, 2.45) is 5.73 Å². The van der Waals surface area contributed by atoms with Crippen LogP contribution in [0, 0.1) is 6.92 Å². The predicted octanol–water partition coefficient (Wildman–Crippen LogP) is 2.52. The lowest BCUT2D eigenvalue weighted by atomic mass is 10.3. The summed E-state index contributed by atoms with van der Waals surface area (Å²) < 4.78 is 11.2. The van der Waals surface area contributed by atoms with Crippen LogP contribution in [0.4, 0.5) is 0 Å². The molecule has 7 heteroatoms. The first-order valence-corrected chi connectivity index (χ1v) is 6.57. The van der Waals surface area contributed by atoms with Gasteiger partial charge in [0.25, 0.3) is 5.89 Å². The molecule has 1 unspecified atom stereocenters. The van der Waals surface area contributed by atoms with Crippen LogP contribution in [0.3, 0.4) is 0 Å². The Morgan fingerprint density at radius 2 is 2.41 bits per heavy atom. The van der Waals surface area contributed by atoms with Crippen LogP contribution in [0.25, 0.3) is 10.8 Å². The van der Waals surface area contributed by atoms with E-state index in [1.807, 2.05) is 13.0 Å². The maximum Gasteiger partial charge on any atom is 0.268 e. The minimum Gasteiger partial charge on any atom is -0.383 e. The van der Waals surface area contributed by atoms with Crippen molar-refractivity contribution in [3.8, 4) is 10.8 Å². The number of hydrogen-bond donors (Lipinski definition) is 1. The molecule has 0 amide bonds. The van der Waals surface area contributed by atoms with Crippen molar-refractivity contribution >= 4 is 27.3 Å². The molecule has 92 valence electrons. The topological polar surface area (TPSA) is 74.2 Å². The Hall–Kier alpha value is -0.760. The van der Waals surface area contributed by atoms with Crippen molar-refractivity contribution in [3.63, 3.8) is 0 Å². The van der Waals surface area contributed by atoms with Crippen LogP contribution in [-0.2, 0) is 4.74 Å². The quantitative estimate of drug-likeness (QED) is 0.937. The average Bonchev–Trinajstić information content (AvgIpc) is 2.87. The summed E-state index contributed by atoms with van der Waals surface area (Å²) in [6, 6.07) is 1.63. The lowest BCUT2D eigenvalue weighted by molar-refractivity contribution is 0.177. The van der Waals surface area contributed by atoms with Crippen LogP contribution in [0.2, 0.25) is 0 Å². The third kappa shape index (κ3) is 2.74. The van der Waals surface area contributed by atoms with E-state index in [0.29, 0.717) is 18.3 Å². The van der Waals surface area contributed by atoms with Gasteiger partial charge in [0.2, 0.25) is 0 Å². The monoisotopic (exact) mass is 317 g/mol. The van der Waals surface area contributed by atoms with E-state index in [0.717, 1.165) is 14.2 Å². The molecule has 2 aromatic rings. The standard InChI is InChI=1S/C10H12BrN3O2S/c1-5-3-7(17-8(5)11)10-13-9(14-16-10)6(12)4-15-2/h3,6H,4,12H2,1-2H3. The lowest BCUT2D eigenvalue weighted by Crippen LogP contribution is -2.17. The number of nitrogens with two attached hydrogens (primary N) is 1. The minimum absolute atomic E-state index is 0.359. The van der Waals surface area contributed by atoms with Gasteiger partial charge in [-0.1, -0.05) is 5.16 Å². The van der Waals surface area contributed by atoms with Crippen LogP contribution in [-0.4, -0.2) is 23.9 Å². The second-order valence-electron chi connectivity index (χ2n) is 3.59. The molecule has 2 heterocycles. The third-order valence-corrected chi connectivity index (χ3v) is 4.31. The molecule has 5 nitrogen and oxygen atoms in total. The molecular weight excluding hydrogens is 306 g/mol. The van der Waals surface area contributed by atoms with E-state index in [1.165, 1.54) is 0 Å². The molecule has 0 radical (unpaired) electrons. The predicted molar refractivity (Wildman–Crippen MR) is 68.9 cm³/mol. The highest BCUT2D eigenvalue weighted by Crippen LogP contribution is 2.33. The Morgan fingerprint density at radius 3 is 3.00 bits per heavy atom. The Balaban J connectivity index is 2.23. The Kier molecular flexibility index (Phi) is 3.93. The average molecular weight is 318 g/mol. The fraction of sp³-hybridized carbons (Fsp3) is 0.400. The molecule has 2 aromatic heterocycles. The first-order valence-electron chi connectivity index (χ1n) is 4.96. The number of halogens is 1. The Bertz CT molecular complexity index is 492. The SMILES string of the molecule is COCC(N)c1noc(-c2cc(C)c(Br)s2)n1. The van der Waals surface area contributed by atoms with E-state index < -0.39 is 0 Å². The van der Waals surface area contributed by atoms with Gasteiger partial charge in [0.15, 0.2) is 5.82 Å².